The van der Waals surface area contributed by atoms with Gasteiger partial charge in [0.2, 0.25) is 0 Å². The van der Waals surface area contributed by atoms with Gasteiger partial charge in [0, 0.05) is 0 Å². The molecule has 1 fully saturated rings. The second kappa shape index (κ2) is 5.38. The molecule has 2 heterocycles. The minimum atomic E-state index is -5.03. The summed E-state index contributed by atoms with van der Waals surface area (Å²) >= 11 is 0.969. The van der Waals surface area contributed by atoms with E-state index < -0.39 is 37.5 Å². The van der Waals surface area contributed by atoms with Crippen LogP contribution in [0.1, 0.15) is 34.1 Å². The molecule has 2 aliphatic rings. The molecule has 2 aliphatic heterocycles. The van der Waals surface area contributed by atoms with Gasteiger partial charge in [0.25, 0.3) is 0 Å². The van der Waals surface area contributed by atoms with E-state index in [0.29, 0.717) is 34.5 Å². The van der Waals surface area contributed by atoms with Crippen LogP contribution >= 0.6 is 27.8 Å². The Hall–Kier alpha value is -0.330. The molecule has 1 spiro atoms. The number of rotatable bonds is 1. The van der Waals surface area contributed by atoms with Crippen LogP contribution in [0.4, 0.5) is 26.3 Å². The van der Waals surface area contributed by atoms with Crippen molar-refractivity contribution in [3.05, 3.63) is 40.1 Å². The summed E-state index contributed by atoms with van der Waals surface area (Å²) in [5.41, 5.74) is 0. The summed E-state index contributed by atoms with van der Waals surface area (Å²) in [6.45, 7) is 7.26. The maximum absolute atomic E-state index is 13.7. The Labute approximate surface area is 156 Å². The van der Waals surface area contributed by atoms with E-state index in [4.69, 9.17) is 0 Å². The summed E-state index contributed by atoms with van der Waals surface area (Å²) in [6, 6.07) is 8.52. The van der Waals surface area contributed by atoms with Gasteiger partial charge in [-0.1, -0.05) is 0 Å². The first-order valence-corrected chi connectivity index (χ1v) is 13.0. The van der Waals surface area contributed by atoms with Crippen molar-refractivity contribution in [3.8, 4) is 0 Å². The monoisotopic (exact) mass is 432 g/mol. The van der Waals surface area contributed by atoms with Crippen molar-refractivity contribution in [2.45, 2.75) is 56.8 Å². The number of allylic oxidation sites excluding steroid dienone is 2. The van der Waals surface area contributed by atoms with E-state index in [1.165, 1.54) is 0 Å². The SMILES string of the molecule is CC1(C)CC(C)(C)P12(c1ccccc1)SC(C(F)(F)F)=C(C(F)(F)F)S2. The minimum absolute atomic E-state index is 0.484. The summed E-state index contributed by atoms with van der Waals surface area (Å²) < 4.78 is 82.0. The molecule has 1 saturated heterocycles. The van der Waals surface area contributed by atoms with Gasteiger partial charge in [-0.3, -0.25) is 0 Å². The number of halogens is 6. The summed E-state index contributed by atoms with van der Waals surface area (Å²) in [5.74, 6) is 0. The molecule has 3 rings (SSSR count). The fraction of sp³-hybridized carbons (Fsp3) is 0.529. The second-order valence-corrected chi connectivity index (χ2v) is 20.1. The Morgan fingerprint density at radius 2 is 1.15 bits per heavy atom. The molecule has 146 valence electrons. The standard InChI is InChI=1S/C17H19F6PS2/c1-14(2)10-15(3,4)24(14,11-8-6-5-7-9-11)25-12(16(18,19)20)13(26-24)17(21,22)23/h5-9H,10H2,1-4H3. The molecule has 0 amide bonds. The Balaban J connectivity index is 2.36. The third kappa shape index (κ3) is 2.24. The molecule has 26 heavy (non-hydrogen) atoms. The van der Waals surface area contributed by atoms with E-state index in [2.05, 4.69) is 0 Å². The third-order valence-corrected chi connectivity index (χ3v) is 25.3. The fourth-order valence-electron chi connectivity index (χ4n) is 4.88. The van der Waals surface area contributed by atoms with E-state index >= 15 is 0 Å². The van der Waals surface area contributed by atoms with Gasteiger partial charge >= 0.3 is 156 Å². The molecule has 0 atom stereocenters. The van der Waals surface area contributed by atoms with Gasteiger partial charge in [-0.15, -0.1) is 0 Å². The molecular formula is C17H19F6PS2. The van der Waals surface area contributed by atoms with Crippen LogP contribution in [0.15, 0.2) is 40.1 Å². The van der Waals surface area contributed by atoms with Crippen molar-refractivity contribution in [2.75, 3.05) is 0 Å². The fourth-order valence-corrected chi connectivity index (χ4v) is 23.0. The summed E-state index contributed by atoms with van der Waals surface area (Å²) in [5, 5.41) is -4.49. The van der Waals surface area contributed by atoms with E-state index in [-0.39, 0.29) is 0 Å². The number of hydrogen-bond donors (Lipinski definition) is 0. The molecular weight excluding hydrogens is 413 g/mol. The van der Waals surface area contributed by atoms with Crippen LogP contribution in [0.2, 0.25) is 0 Å². The van der Waals surface area contributed by atoms with E-state index in [1.54, 1.807) is 30.3 Å². The molecule has 1 aromatic carbocycles. The number of alkyl halides is 6. The van der Waals surface area contributed by atoms with Crippen LogP contribution in [0.5, 0.6) is 0 Å². The van der Waals surface area contributed by atoms with Crippen molar-refractivity contribution >= 4 is 33.1 Å². The molecule has 0 aromatic heterocycles. The zero-order valence-corrected chi connectivity index (χ0v) is 17.2. The molecule has 1 aromatic rings. The third-order valence-electron chi connectivity index (χ3n) is 5.54. The van der Waals surface area contributed by atoms with Crippen molar-refractivity contribution in [1.82, 2.24) is 0 Å². The summed E-state index contributed by atoms with van der Waals surface area (Å²) in [7, 11) is 0. The number of hydrogen-bond acceptors (Lipinski definition) is 2. The normalized spacial score (nSPS) is 27.7. The predicted octanol–water partition coefficient (Wildman–Crippen LogP) is 7.47. The average Bonchev–Trinajstić information content (AvgIpc) is 2.88. The van der Waals surface area contributed by atoms with Gasteiger partial charge in [-0.25, -0.2) is 0 Å². The Bertz CT molecular complexity index is 733. The van der Waals surface area contributed by atoms with Crippen molar-refractivity contribution in [3.63, 3.8) is 0 Å². The molecule has 0 saturated carbocycles. The maximum atomic E-state index is 13.7. The van der Waals surface area contributed by atoms with E-state index in [1.807, 2.05) is 27.7 Å². The molecule has 0 aliphatic carbocycles. The molecule has 0 unspecified atom stereocenters. The van der Waals surface area contributed by atoms with Gasteiger partial charge in [0.05, 0.1) is 0 Å². The molecule has 0 nitrogen and oxygen atoms in total. The summed E-state index contributed by atoms with van der Waals surface area (Å²) in [6.07, 6.45) is -9.48. The number of benzene rings is 1. The van der Waals surface area contributed by atoms with Crippen LogP contribution in [-0.2, 0) is 0 Å². The quantitative estimate of drug-likeness (QED) is 0.333. The average molecular weight is 432 g/mol. The molecule has 0 bridgehead atoms. The Morgan fingerprint density at radius 3 is 1.46 bits per heavy atom. The zero-order valence-electron chi connectivity index (χ0n) is 14.6. The van der Waals surface area contributed by atoms with Crippen molar-refractivity contribution < 1.29 is 26.3 Å². The van der Waals surface area contributed by atoms with E-state index in [0.717, 1.165) is 0 Å². The van der Waals surface area contributed by atoms with Gasteiger partial charge in [0.15, 0.2) is 0 Å². The van der Waals surface area contributed by atoms with Gasteiger partial charge < -0.3 is 0 Å². The molecule has 9 heteroatoms. The van der Waals surface area contributed by atoms with Crippen LogP contribution in [-0.4, -0.2) is 22.7 Å². The van der Waals surface area contributed by atoms with Crippen LogP contribution < -0.4 is 5.30 Å². The van der Waals surface area contributed by atoms with Crippen LogP contribution in [0.25, 0.3) is 0 Å². The van der Waals surface area contributed by atoms with Gasteiger partial charge in [-0.05, 0) is 0 Å². The molecule has 0 radical (unpaired) electrons. The van der Waals surface area contributed by atoms with Crippen molar-refractivity contribution in [1.29, 1.82) is 0 Å². The van der Waals surface area contributed by atoms with Crippen LogP contribution in [0.3, 0.4) is 0 Å². The Kier molecular flexibility index (Phi) is 4.23. The van der Waals surface area contributed by atoms with Gasteiger partial charge in [0.1, 0.15) is 0 Å². The second-order valence-electron chi connectivity index (χ2n) is 7.93. The molecule has 0 N–H and O–H groups in total. The van der Waals surface area contributed by atoms with Crippen molar-refractivity contribution in [2.24, 2.45) is 0 Å². The zero-order chi connectivity index (χ0) is 19.8. The predicted molar refractivity (Wildman–Crippen MR) is 100 cm³/mol. The Morgan fingerprint density at radius 1 is 0.769 bits per heavy atom. The van der Waals surface area contributed by atoms with Crippen LogP contribution in [0, 0.1) is 0 Å². The first-order chi connectivity index (χ1) is 11.6. The summed E-state index contributed by atoms with van der Waals surface area (Å²) in [4.78, 5) is -2.95. The van der Waals surface area contributed by atoms with E-state index in [9.17, 15) is 26.3 Å². The first kappa shape index (κ1) is 20.4. The topological polar surface area (TPSA) is 0 Å². The first-order valence-electron chi connectivity index (χ1n) is 7.95. The van der Waals surface area contributed by atoms with Gasteiger partial charge in [-0.2, -0.15) is 0 Å².